The minimum atomic E-state index is -0.336. The van der Waals surface area contributed by atoms with Crippen molar-refractivity contribution in [2.24, 2.45) is 0 Å². The lowest BCUT2D eigenvalue weighted by molar-refractivity contribution is 0.632. The summed E-state index contributed by atoms with van der Waals surface area (Å²) in [5.41, 5.74) is 5.93. The number of hydrogen-bond donors (Lipinski definition) is 2. The van der Waals surface area contributed by atoms with Gasteiger partial charge in [0.05, 0.1) is 5.69 Å². The van der Waals surface area contributed by atoms with Crippen molar-refractivity contribution in [3.63, 3.8) is 0 Å². The Kier molecular flexibility index (Phi) is 2.68. The molecule has 4 nitrogen and oxygen atoms in total. The van der Waals surface area contributed by atoms with Crippen LogP contribution in [0.4, 0.5) is 21.7 Å². The summed E-state index contributed by atoms with van der Waals surface area (Å²) in [6.07, 6.45) is 0. The Hall–Kier alpha value is -2.17. The van der Waals surface area contributed by atoms with Crippen molar-refractivity contribution in [3.8, 4) is 0 Å². The van der Waals surface area contributed by atoms with Gasteiger partial charge in [-0.05, 0) is 19.1 Å². The molecule has 0 fully saturated rings. The molecule has 0 saturated carbocycles. The van der Waals surface area contributed by atoms with Crippen LogP contribution in [0.5, 0.6) is 0 Å². The van der Waals surface area contributed by atoms with Crippen LogP contribution in [0.2, 0.25) is 0 Å². The van der Waals surface area contributed by atoms with E-state index in [-0.39, 0.29) is 5.82 Å². The van der Waals surface area contributed by atoms with Gasteiger partial charge in [0.1, 0.15) is 23.3 Å². The Morgan fingerprint density at radius 2 is 2.00 bits per heavy atom. The smallest absolute Gasteiger partial charge is 0.146 e. The highest BCUT2D eigenvalue weighted by molar-refractivity contribution is 5.58. The molecule has 0 atom stereocenters. The normalized spacial score (nSPS) is 10.1. The second-order valence-electron chi connectivity index (χ2n) is 3.33. The van der Waals surface area contributed by atoms with Gasteiger partial charge in [-0.1, -0.05) is 12.1 Å². The third kappa shape index (κ3) is 2.25. The van der Waals surface area contributed by atoms with E-state index in [9.17, 15) is 4.39 Å². The monoisotopic (exact) mass is 218 g/mol. The first-order valence-electron chi connectivity index (χ1n) is 4.78. The SMILES string of the molecule is Cc1nc(N)cc(Nc2ccccc2F)n1. The molecule has 0 aliphatic rings. The summed E-state index contributed by atoms with van der Waals surface area (Å²) in [6, 6.07) is 7.92. The van der Waals surface area contributed by atoms with Crippen LogP contribution < -0.4 is 11.1 Å². The molecule has 2 aromatic rings. The number of anilines is 3. The average molecular weight is 218 g/mol. The number of rotatable bonds is 2. The predicted molar refractivity (Wildman–Crippen MR) is 60.9 cm³/mol. The second-order valence-corrected chi connectivity index (χ2v) is 3.33. The molecule has 0 unspecified atom stereocenters. The van der Waals surface area contributed by atoms with E-state index in [2.05, 4.69) is 15.3 Å². The number of benzene rings is 1. The number of nitrogens with zero attached hydrogens (tertiary/aromatic N) is 2. The van der Waals surface area contributed by atoms with E-state index in [0.717, 1.165) is 0 Å². The average Bonchev–Trinajstić information content (AvgIpc) is 2.20. The van der Waals surface area contributed by atoms with Gasteiger partial charge in [0.15, 0.2) is 0 Å². The van der Waals surface area contributed by atoms with E-state index in [4.69, 9.17) is 5.73 Å². The van der Waals surface area contributed by atoms with Crippen LogP contribution >= 0.6 is 0 Å². The van der Waals surface area contributed by atoms with Crippen molar-refractivity contribution >= 4 is 17.3 Å². The highest BCUT2D eigenvalue weighted by Gasteiger charge is 2.03. The number of nitrogens with one attached hydrogen (secondary N) is 1. The molecule has 0 radical (unpaired) electrons. The fourth-order valence-electron chi connectivity index (χ4n) is 1.36. The summed E-state index contributed by atoms with van der Waals surface area (Å²) in [5.74, 6) is 1.04. The van der Waals surface area contributed by atoms with Crippen molar-refractivity contribution in [3.05, 3.63) is 42.0 Å². The molecular weight excluding hydrogens is 207 g/mol. The molecular formula is C11H11FN4. The third-order valence-electron chi connectivity index (χ3n) is 1.99. The van der Waals surface area contributed by atoms with Crippen LogP contribution in [0, 0.1) is 12.7 Å². The lowest BCUT2D eigenvalue weighted by atomic mass is 10.3. The van der Waals surface area contributed by atoms with Gasteiger partial charge in [-0.2, -0.15) is 0 Å². The lowest BCUT2D eigenvalue weighted by Gasteiger charge is -2.07. The maximum atomic E-state index is 13.3. The molecule has 0 bridgehead atoms. The topological polar surface area (TPSA) is 63.8 Å². The molecule has 1 aromatic carbocycles. The summed E-state index contributed by atoms with van der Waals surface area (Å²) >= 11 is 0. The first-order chi connectivity index (χ1) is 7.65. The van der Waals surface area contributed by atoms with Crippen LogP contribution in [0.15, 0.2) is 30.3 Å². The van der Waals surface area contributed by atoms with Crippen molar-refractivity contribution < 1.29 is 4.39 Å². The minimum absolute atomic E-state index is 0.336. The predicted octanol–water partition coefficient (Wildman–Crippen LogP) is 2.25. The first kappa shape index (κ1) is 10.4. The van der Waals surface area contributed by atoms with Gasteiger partial charge < -0.3 is 11.1 Å². The molecule has 0 aliphatic heterocycles. The molecule has 2 rings (SSSR count). The molecule has 0 aliphatic carbocycles. The number of halogens is 1. The van der Waals surface area contributed by atoms with E-state index in [1.54, 1.807) is 31.2 Å². The van der Waals surface area contributed by atoms with Crippen molar-refractivity contribution in [1.29, 1.82) is 0 Å². The molecule has 0 saturated heterocycles. The van der Waals surface area contributed by atoms with Crippen molar-refractivity contribution in [1.82, 2.24) is 9.97 Å². The molecule has 0 spiro atoms. The Bertz CT molecular complexity index is 493. The van der Waals surface area contributed by atoms with Crippen molar-refractivity contribution in [2.45, 2.75) is 6.92 Å². The van der Waals surface area contributed by atoms with E-state index in [1.165, 1.54) is 6.07 Å². The van der Waals surface area contributed by atoms with Gasteiger partial charge in [-0.15, -0.1) is 0 Å². The molecule has 5 heteroatoms. The first-order valence-corrected chi connectivity index (χ1v) is 4.78. The van der Waals surface area contributed by atoms with Gasteiger partial charge in [-0.3, -0.25) is 0 Å². The zero-order valence-electron chi connectivity index (χ0n) is 8.74. The summed E-state index contributed by atoms with van der Waals surface area (Å²) in [5, 5.41) is 2.85. The van der Waals surface area contributed by atoms with Crippen LogP contribution in [0.1, 0.15) is 5.82 Å². The van der Waals surface area contributed by atoms with Gasteiger partial charge in [0, 0.05) is 6.07 Å². The van der Waals surface area contributed by atoms with Gasteiger partial charge >= 0.3 is 0 Å². The van der Waals surface area contributed by atoms with Crippen LogP contribution in [0.3, 0.4) is 0 Å². The highest BCUT2D eigenvalue weighted by Crippen LogP contribution is 2.18. The molecule has 0 amide bonds. The lowest BCUT2D eigenvalue weighted by Crippen LogP contribution is -2.01. The fraction of sp³-hybridized carbons (Fsp3) is 0.0909. The zero-order valence-corrected chi connectivity index (χ0v) is 8.74. The molecule has 16 heavy (non-hydrogen) atoms. The maximum Gasteiger partial charge on any atom is 0.146 e. The summed E-state index contributed by atoms with van der Waals surface area (Å²) < 4.78 is 13.3. The number of nitrogens with two attached hydrogens (primary N) is 1. The molecule has 82 valence electrons. The Morgan fingerprint density at radius 1 is 1.25 bits per heavy atom. The number of hydrogen-bond acceptors (Lipinski definition) is 4. The second kappa shape index (κ2) is 4.14. The van der Waals surface area contributed by atoms with Gasteiger partial charge in [-0.25, -0.2) is 14.4 Å². The van der Waals surface area contributed by atoms with E-state index in [0.29, 0.717) is 23.1 Å². The molecule has 1 aromatic heterocycles. The van der Waals surface area contributed by atoms with E-state index < -0.39 is 0 Å². The Labute approximate surface area is 92.3 Å². The number of para-hydroxylation sites is 1. The van der Waals surface area contributed by atoms with Gasteiger partial charge in [0.25, 0.3) is 0 Å². The van der Waals surface area contributed by atoms with Crippen LogP contribution in [-0.2, 0) is 0 Å². The van der Waals surface area contributed by atoms with Crippen LogP contribution in [0.25, 0.3) is 0 Å². The van der Waals surface area contributed by atoms with E-state index >= 15 is 0 Å². The third-order valence-corrected chi connectivity index (χ3v) is 1.99. The summed E-state index contributed by atoms with van der Waals surface area (Å²) in [4.78, 5) is 8.03. The Morgan fingerprint density at radius 3 is 2.69 bits per heavy atom. The van der Waals surface area contributed by atoms with E-state index in [1.807, 2.05) is 0 Å². The summed E-state index contributed by atoms with van der Waals surface area (Å²) in [6.45, 7) is 1.73. The standard InChI is InChI=1S/C11H11FN4/c1-7-14-10(13)6-11(15-7)16-9-5-3-2-4-8(9)12/h2-6H,1H3,(H3,13,14,15,16). The number of aryl methyl sites for hydroxylation is 1. The van der Waals surface area contributed by atoms with Crippen LogP contribution in [-0.4, -0.2) is 9.97 Å². The highest BCUT2D eigenvalue weighted by atomic mass is 19.1. The quantitative estimate of drug-likeness (QED) is 0.811. The molecule has 1 heterocycles. The van der Waals surface area contributed by atoms with Gasteiger partial charge in [0.2, 0.25) is 0 Å². The number of aromatic nitrogens is 2. The van der Waals surface area contributed by atoms with Crippen molar-refractivity contribution in [2.75, 3.05) is 11.1 Å². The fourth-order valence-corrected chi connectivity index (χ4v) is 1.36. The summed E-state index contributed by atoms with van der Waals surface area (Å²) in [7, 11) is 0. The maximum absolute atomic E-state index is 13.3. The Balaban J connectivity index is 2.30. The largest absolute Gasteiger partial charge is 0.384 e. The minimum Gasteiger partial charge on any atom is -0.384 e. The molecule has 3 N–H and O–H groups in total. The zero-order chi connectivity index (χ0) is 11.5. The number of nitrogen functional groups attached to an aromatic ring is 1.